The number of nitrogens with one attached hydrogen (secondary N) is 1. The van der Waals surface area contributed by atoms with Gasteiger partial charge in [-0.3, -0.25) is 5.10 Å². The number of carboxylic acids is 1. The number of ether oxygens (including phenoxy) is 2. The van der Waals surface area contributed by atoms with Gasteiger partial charge in [0.25, 0.3) is 0 Å². The molecule has 0 aliphatic heterocycles. The molecule has 0 spiro atoms. The summed E-state index contributed by atoms with van der Waals surface area (Å²) in [6.45, 7) is 1.74. The maximum Gasteiger partial charge on any atom is 0.342 e. The van der Waals surface area contributed by atoms with Gasteiger partial charge < -0.3 is 14.6 Å². The molecule has 116 valence electrons. The molecule has 0 aliphatic carbocycles. The Bertz CT molecular complexity index is 712. The molecule has 0 bridgehead atoms. The minimum atomic E-state index is -1.06. The van der Waals surface area contributed by atoms with E-state index in [2.05, 4.69) is 15.2 Å². The molecule has 0 amide bonds. The highest BCUT2D eigenvalue weighted by Gasteiger charge is 2.14. The number of nitrogens with zero attached hydrogens (tertiary/aromatic N) is 2. The minimum Gasteiger partial charge on any atom is -0.497 e. The molecule has 0 radical (unpaired) electrons. The zero-order valence-corrected chi connectivity index (χ0v) is 13.1. The second-order valence-electron chi connectivity index (χ2n) is 4.23. The van der Waals surface area contributed by atoms with E-state index >= 15 is 0 Å². The number of aryl methyl sites for hydroxylation is 1. The Kier molecular flexibility index (Phi) is 5.05. The Labute approximate surface area is 131 Å². The third-order valence-electron chi connectivity index (χ3n) is 2.72. The van der Waals surface area contributed by atoms with Gasteiger partial charge in [-0.2, -0.15) is 0 Å². The first-order valence-corrected chi connectivity index (χ1v) is 7.09. The SMILES string of the molecule is COc1ccc(C=C(Sc2n[nH]c(C)n2)C(=O)O)c(OC)c1. The Morgan fingerprint density at radius 3 is 2.68 bits per heavy atom. The number of hydrogen-bond acceptors (Lipinski definition) is 6. The van der Waals surface area contributed by atoms with Crippen LogP contribution in [-0.4, -0.2) is 40.5 Å². The van der Waals surface area contributed by atoms with Crippen molar-refractivity contribution in [2.75, 3.05) is 14.2 Å². The van der Waals surface area contributed by atoms with Crippen LogP contribution in [-0.2, 0) is 4.79 Å². The van der Waals surface area contributed by atoms with Crippen molar-refractivity contribution in [1.29, 1.82) is 0 Å². The fourth-order valence-corrected chi connectivity index (χ4v) is 2.42. The molecule has 0 fully saturated rings. The topological polar surface area (TPSA) is 97.3 Å². The van der Waals surface area contributed by atoms with Gasteiger partial charge in [0.05, 0.1) is 14.2 Å². The first-order valence-electron chi connectivity index (χ1n) is 6.27. The molecule has 8 heteroatoms. The van der Waals surface area contributed by atoms with Crippen molar-refractivity contribution in [3.63, 3.8) is 0 Å². The monoisotopic (exact) mass is 321 g/mol. The molecule has 2 N–H and O–H groups in total. The number of thioether (sulfide) groups is 1. The van der Waals surface area contributed by atoms with Gasteiger partial charge in [-0.15, -0.1) is 5.10 Å². The van der Waals surface area contributed by atoms with E-state index in [9.17, 15) is 9.90 Å². The maximum absolute atomic E-state index is 11.4. The molecule has 2 aromatic rings. The predicted octanol–water partition coefficient (Wildman–Crippen LogP) is 2.35. The smallest absolute Gasteiger partial charge is 0.342 e. The summed E-state index contributed by atoms with van der Waals surface area (Å²) in [6.07, 6.45) is 1.51. The molecule has 0 unspecified atom stereocenters. The zero-order valence-electron chi connectivity index (χ0n) is 12.3. The van der Waals surface area contributed by atoms with Crippen molar-refractivity contribution in [3.05, 3.63) is 34.5 Å². The van der Waals surface area contributed by atoms with Gasteiger partial charge in [0.2, 0.25) is 5.16 Å². The van der Waals surface area contributed by atoms with Crippen LogP contribution in [0.2, 0.25) is 0 Å². The van der Waals surface area contributed by atoms with Crippen molar-refractivity contribution in [2.24, 2.45) is 0 Å². The molecule has 0 atom stereocenters. The standard InChI is InChI=1S/C14H15N3O4S/c1-8-15-14(17-16-8)22-12(13(18)19)6-9-4-5-10(20-2)7-11(9)21-3/h4-7H,1-3H3,(H,18,19)(H,15,16,17). The van der Waals surface area contributed by atoms with Crippen LogP contribution in [0.15, 0.2) is 28.3 Å². The number of aliphatic carboxylic acids is 1. The van der Waals surface area contributed by atoms with Crippen LogP contribution in [0.4, 0.5) is 0 Å². The summed E-state index contributed by atoms with van der Waals surface area (Å²) >= 11 is 0.963. The highest BCUT2D eigenvalue weighted by Crippen LogP contribution is 2.31. The number of H-pyrrole nitrogens is 1. The molecule has 1 aromatic heterocycles. The second kappa shape index (κ2) is 6.99. The highest BCUT2D eigenvalue weighted by atomic mass is 32.2. The fraction of sp³-hybridized carbons (Fsp3) is 0.214. The number of aromatic amines is 1. The fourth-order valence-electron chi connectivity index (χ4n) is 1.68. The Morgan fingerprint density at radius 1 is 1.36 bits per heavy atom. The van der Waals surface area contributed by atoms with Gasteiger partial charge in [-0.1, -0.05) is 0 Å². The van der Waals surface area contributed by atoms with Gasteiger partial charge in [-0.05, 0) is 36.9 Å². The van der Waals surface area contributed by atoms with Crippen molar-refractivity contribution in [1.82, 2.24) is 15.2 Å². The lowest BCUT2D eigenvalue weighted by Gasteiger charge is -2.08. The third kappa shape index (κ3) is 3.79. The predicted molar refractivity (Wildman–Crippen MR) is 82.1 cm³/mol. The van der Waals surface area contributed by atoms with E-state index in [0.717, 1.165) is 11.8 Å². The molecule has 1 aromatic carbocycles. The number of carboxylic acid groups (broad SMARTS) is 1. The van der Waals surface area contributed by atoms with E-state index < -0.39 is 5.97 Å². The average Bonchev–Trinajstić information content (AvgIpc) is 2.92. The number of benzene rings is 1. The summed E-state index contributed by atoms with van der Waals surface area (Å²) in [4.78, 5) is 15.6. The van der Waals surface area contributed by atoms with Crippen LogP contribution in [0.1, 0.15) is 11.4 Å². The third-order valence-corrected chi connectivity index (χ3v) is 3.59. The van der Waals surface area contributed by atoms with E-state index in [1.807, 2.05) is 0 Å². The van der Waals surface area contributed by atoms with Gasteiger partial charge in [-0.25, -0.2) is 9.78 Å². The van der Waals surface area contributed by atoms with E-state index in [1.54, 1.807) is 32.2 Å². The van der Waals surface area contributed by atoms with Gasteiger partial charge in [0.1, 0.15) is 22.2 Å². The highest BCUT2D eigenvalue weighted by molar-refractivity contribution is 8.04. The maximum atomic E-state index is 11.4. The number of methoxy groups -OCH3 is 2. The summed E-state index contributed by atoms with van der Waals surface area (Å²) in [7, 11) is 3.06. The van der Waals surface area contributed by atoms with Crippen molar-refractivity contribution in [3.8, 4) is 11.5 Å². The molecule has 0 saturated carbocycles. The van der Waals surface area contributed by atoms with Crippen LogP contribution < -0.4 is 9.47 Å². The quantitative estimate of drug-likeness (QED) is 0.622. The Hall–Kier alpha value is -2.48. The number of carbonyl (C=O) groups is 1. The first-order chi connectivity index (χ1) is 10.5. The molecule has 0 aliphatic rings. The lowest BCUT2D eigenvalue weighted by Crippen LogP contribution is -1.98. The van der Waals surface area contributed by atoms with Gasteiger partial charge >= 0.3 is 5.97 Å². The second-order valence-corrected chi connectivity index (χ2v) is 5.24. The summed E-state index contributed by atoms with van der Waals surface area (Å²) in [5.41, 5.74) is 0.625. The average molecular weight is 321 g/mol. The first kappa shape index (κ1) is 15.9. The molecule has 22 heavy (non-hydrogen) atoms. The van der Waals surface area contributed by atoms with E-state index in [4.69, 9.17) is 9.47 Å². The summed E-state index contributed by atoms with van der Waals surface area (Å²) in [5.74, 6) is 0.701. The van der Waals surface area contributed by atoms with Crippen LogP contribution in [0, 0.1) is 6.92 Å². The minimum absolute atomic E-state index is 0.0856. The summed E-state index contributed by atoms with van der Waals surface area (Å²) in [5, 5.41) is 16.3. The number of rotatable bonds is 6. The number of hydrogen-bond donors (Lipinski definition) is 2. The molecular weight excluding hydrogens is 306 g/mol. The zero-order chi connectivity index (χ0) is 16.1. The van der Waals surface area contributed by atoms with Gasteiger partial charge in [0.15, 0.2) is 0 Å². The lowest BCUT2D eigenvalue weighted by molar-refractivity contribution is -0.131. The molecule has 1 heterocycles. The van der Waals surface area contributed by atoms with Crippen LogP contribution in [0.25, 0.3) is 6.08 Å². The van der Waals surface area contributed by atoms with Gasteiger partial charge in [0, 0.05) is 11.6 Å². The summed E-state index contributed by atoms with van der Waals surface area (Å²) in [6, 6.07) is 5.15. The van der Waals surface area contributed by atoms with Crippen LogP contribution in [0.3, 0.4) is 0 Å². The van der Waals surface area contributed by atoms with E-state index in [-0.39, 0.29) is 4.91 Å². The van der Waals surface area contributed by atoms with E-state index in [0.29, 0.717) is 28.0 Å². The molecule has 2 rings (SSSR count). The molecular formula is C14H15N3O4S. The van der Waals surface area contributed by atoms with Crippen LogP contribution >= 0.6 is 11.8 Å². The lowest BCUT2D eigenvalue weighted by atomic mass is 10.1. The van der Waals surface area contributed by atoms with Crippen molar-refractivity contribution < 1.29 is 19.4 Å². The number of aromatic nitrogens is 3. The van der Waals surface area contributed by atoms with Crippen LogP contribution in [0.5, 0.6) is 11.5 Å². The molecule has 0 saturated heterocycles. The van der Waals surface area contributed by atoms with Crippen molar-refractivity contribution in [2.45, 2.75) is 12.1 Å². The summed E-state index contributed by atoms with van der Waals surface area (Å²) < 4.78 is 10.4. The normalized spacial score (nSPS) is 11.3. The van der Waals surface area contributed by atoms with E-state index in [1.165, 1.54) is 13.2 Å². The Morgan fingerprint density at radius 2 is 2.14 bits per heavy atom. The largest absolute Gasteiger partial charge is 0.497 e. The molecule has 7 nitrogen and oxygen atoms in total. The Balaban J connectivity index is 2.35. The van der Waals surface area contributed by atoms with Crippen molar-refractivity contribution >= 4 is 23.8 Å².